The summed E-state index contributed by atoms with van der Waals surface area (Å²) in [6.45, 7) is 9.42. The maximum atomic E-state index is 13.3. The second-order valence-corrected chi connectivity index (χ2v) is 11.7. The summed E-state index contributed by atoms with van der Waals surface area (Å²) in [4.78, 5) is 42.9. The van der Waals surface area contributed by atoms with Gasteiger partial charge in [0.15, 0.2) is 5.13 Å². The van der Waals surface area contributed by atoms with Crippen molar-refractivity contribution in [2.75, 3.05) is 22.1 Å². The lowest BCUT2D eigenvalue weighted by Gasteiger charge is -2.19. The van der Waals surface area contributed by atoms with Gasteiger partial charge in [-0.25, -0.2) is 14.6 Å². The van der Waals surface area contributed by atoms with Crippen LogP contribution in [-0.4, -0.2) is 40.3 Å². The van der Waals surface area contributed by atoms with E-state index in [-0.39, 0.29) is 12.5 Å². The Balaban J connectivity index is 1.41. The van der Waals surface area contributed by atoms with E-state index in [1.54, 1.807) is 50.4 Å². The Hall–Kier alpha value is -4.70. The third-order valence-corrected chi connectivity index (χ3v) is 7.01. The summed E-state index contributed by atoms with van der Waals surface area (Å²) in [5.74, 6) is -0.253. The van der Waals surface area contributed by atoms with Gasteiger partial charge in [-0.1, -0.05) is 47.5 Å². The van der Waals surface area contributed by atoms with Crippen LogP contribution in [0, 0.1) is 13.8 Å². The second kappa shape index (κ2) is 12.9. The van der Waals surface area contributed by atoms with Gasteiger partial charge in [-0.3, -0.25) is 15.0 Å². The summed E-state index contributed by atoms with van der Waals surface area (Å²) in [6, 6.07) is 20.5. The van der Waals surface area contributed by atoms with Crippen LogP contribution in [0.2, 0.25) is 0 Å². The first kappa shape index (κ1) is 30.3. The SMILES string of the molecule is Cc1ccc(-c2ccc(C)cc2C(=O)Nc2ccc(N(CCc3csc(NC(=O)OC(C)(C)C)n3)C(=O)O)cc2)cc1. The Kier molecular flexibility index (Phi) is 9.27. The van der Waals surface area contributed by atoms with Gasteiger partial charge in [-0.15, -0.1) is 11.3 Å². The van der Waals surface area contributed by atoms with E-state index in [0.717, 1.165) is 22.3 Å². The Morgan fingerprint density at radius 1 is 0.929 bits per heavy atom. The predicted molar refractivity (Wildman–Crippen MR) is 167 cm³/mol. The van der Waals surface area contributed by atoms with Crippen LogP contribution in [0.3, 0.4) is 0 Å². The molecule has 0 atom stereocenters. The number of aromatic nitrogens is 1. The number of nitrogens with zero attached hydrogens (tertiary/aromatic N) is 2. The van der Waals surface area contributed by atoms with Gasteiger partial charge in [0.25, 0.3) is 5.91 Å². The standard InChI is InChI=1S/C32H34N4O5S/c1-20-6-9-22(10-7-20)26-15-8-21(2)18-27(26)28(37)33-23-11-13-25(14-12-23)36(31(39)40)17-16-24-19-42-29(34-24)35-30(38)41-32(3,4)5/h6-15,18-19H,16-17H2,1-5H3,(H,33,37)(H,39,40)(H,34,35,38). The monoisotopic (exact) mass is 586 g/mol. The molecule has 4 aromatic rings. The minimum atomic E-state index is -1.11. The number of amides is 3. The number of rotatable bonds is 8. The van der Waals surface area contributed by atoms with Crippen LogP contribution >= 0.6 is 11.3 Å². The van der Waals surface area contributed by atoms with E-state index in [1.165, 1.54) is 16.2 Å². The number of aryl methyl sites for hydroxylation is 2. The van der Waals surface area contributed by atoms with Crippen molar-refractivity contribution >= 4 is 45.9 Å². The molecule has 0 unspecified atom stereocenters. The molecule has 9 nitrogen and oxygen atoms in total. The van der Waals surface area contributed by atoms with Crippen LogP contribution in [-0.2, 0) is 11.2 Å². The van der Waals surface area contributed by atoms with Gasteiger partial charge in [-0.05, 0) is 76.1 Å². The van der Waals surface area contributed by atoms with Gasteiger partial charge >= 0.3 is 12.2 Å². The highest BCUT2D eigenvalue weighted by Gasteiger charge is 2.19. The number of ether oxygens (including phenoxy) is 1. The van der Waals surface area contributed by atoms with Gasteiger partial charge in [0.2, 0.25) is 0 Å². The Bertz CT molecular complexity index is 1570. The summed E-state index contributed by atoms with van der Waals surface area (Å²) < 4.78 is 5.24. The minimum absolute atomic E-state index is 0.153. The molecule has 3 amide bonds. The highest BCUT2D eigenvalue weighted by atomic mass is 32.1. The minimum Gasteiger partial charge on any atom is -0.465 e. The molecule has 0 aliphatic heterocycles. The Morgan fingerprint density at radius 2 is 1.60 bits per heavy atom. The van der Waals surface area contributed by atoms with Crippen molar-refractivity contribution in [3.63, 3.8) is 0 Å². The molecule has 218 valence electrons. The largest absolute Gasteiger partial charge is 0.465 e. The molecular weight excluding hydrogens is 552 g/mol. The number of carbonyl (C=O) groups is 3. The number of hydrogen-bond acceptors (Lipinski definition) is 6. The summed E-state index contributed by atoms with van der Waals surface area (Å²) in [5.41, 5.74) is 5.46. The zero-order chi connectivity index (χ0) is 30.4. The number of carboxylic acid groups (broad SMARTS) is 1. The summed E-state index contributed by atoms with van der Waals surface area (Å²) in [6.07, 6.45) is -1.37. The first-order chi connectivity index (χ1) is 19.9. The van der Waals surface area contributed by atoms with E-state index in [1.807, 2.05) is 56.3 Å². The number of hydrogen-bond donors (Lipinski definition) is 3. The number of benzene rings is 3. The van der Waals surface area contributed by atoms with Crippen molar-refractivity contribution in [1.29, 1.82) is 0 Å². The number of carbonyl (C=O) groups excluding carboxylic acids is 2. The van der Waals surface area contributed by atoms with Crippen LogP contribution in [0.5, 0.6) is 0 Å². The lowest BCUT2D eigenvalue weighted by atomic mass is 9.96. The molecule has 0 radical (unpaired) electrons. The van der Waals surface area contributed by atoms with Crippen LogP contribution in [0.4, 0.5) is 26.1 Å². The first-order valence-corrected chi connectivity index (χ1v) is 14.3. The average Bonchev–Trinajstić information content (AvgIpc) is 3.35. The fourth-order valence-corrected chi connectivity index (χ4v) is 4.92. The smallest absolute Gasteiger partial charge is 0.413 e. The summed E-state index contributed by atoms with van der Waals surface area (Å²) >= 11 is 1.24. The Morgan fingerprint density at radius 3 is 2.24 bits per heavy atom. The van der Waals surface area contributed by atoms with Crippen LogP contribution < -0.4 is 15.5 Å². The van der Waals surface area contributed by atoms with Gasteiger partial charge in [0, 0.05) is 35.3 Å². The van der Waals surface area contributed by atoms with E-state index >= 15 is 0 Å². The number of anilines is 3. The summed E-state index contributed by atoms with van der Waals surface area (Å²) in [5, 5.41) is 17.5. The lowest BCUT2D eigenvalue weighted by molar-refractivity contribution is 0.0635. The fraction of sp³-hybridized carbons (Fsp3) is 0.250. The normalized spacial score (nSPS) is 11.1. The molecule has 0 saturated carbocycles. The molecule has 1 heterocycles. The van der Waals surface area contributed by atoms with Gasteiger partial charge < -0.3 is 15.2 Å². The molecule has 10 heteroatoms. The highest BCUT2D eigenvalue weighted by molar-refractivity contribution is 7.13. The van der Waals surface area contributed by atoms with E-state index in [2.05, 4.69) is 15.6 Å². The maximum Gasteiger partial charge on any atom is 0.413 e. The number of nitrogens with one attached hydrogen (secondary N) is 2. The average molecular weight is 587 g/mol. The first-order valence-electron chi connectivity index (χ1n) is 13.4. The van der Waals surface area contributed by atoms with Crippen LogP contribution in [0.15, 0.2) is 72.1 Å². The predicted octanol–water partition coefficient (Wildman–Crippen LogP) is 7.75. The second-order valence-electron chi connectivity index (χ2n) is 10.9. The van der Waals surface area contributed by atoms with Gasteiger partial charge in [0.05, 0.1) is 5.69 Å². The maximum absolute atomic E-state index is 13.3. The van der Waals surface area contributed by atoms with Gasteiger partial charge in [-0.2, -0.15) is 0 Å². The zero-order valence-corrected chi connectivity index (χ0v) is 25.0. The molecule has 4 rings (SSSR count). The van der Waals surface area contributed by atoms with Crippen LogP contribution in [0.25, 0.3) is 11.1 Å². The molecule has 3 N–H and O–H groups in total. The molecule has 3 aromatic carbocycles. The molecular formula is C32H34N4O5S. The van der Waals surface area contributed by atoms with Crippen molar-refractivity contribution in [2.24, 2.45) is 0 Å². The summed E-state index contributed by atoms with van der Waals surface area (Å²) in [7, 11) is 0. The van der Waals surface area contributed by atoms with E-state index < -0.39 is 17.8 Å². The van der Waals surface area contributed by atoms with Gasteiger partial charge in [0.1, 0.15) is 5.60 Å². The molecule has 42 heavy (non-hydrogen) atoms. The molecule has 0 aliphatic carbocycles. The quantitative estimate of drug-likeness (QED) is 0.194. The van der Waals surface area contributed by atoms with Crippen LogP contribution in [0.1, 0.15) is 48.0 Å². The van der Waals surface area contributed by atoms with Crippen molar-refractivity contribution in [3.8, 4) is 11.1 Å². The highest BCUT2D eigenvalue weighted by Crippen LogP contribution is 2.27. The van der Waals surface area contributed by atoms with Crippen molar-refractivity contribution in [3.05, 3.63) is 94.5 Å². The molecule has 0 bridgehead atoms. The van der Waals surface area contributed by atoms with Crippen molar-refractivity contribution in [2.45, 2.75) is 46.6 Å². The zero-order valence-electron chi connectivity index (χ0n) is 24.2. The van der Waals surface area contributed by atoms with E-state index in [4.69, 9.17) is 4.74 Å². The topological polar surface area (TPSA) is 121 Å². The molecule has 0 saturated heterocycles. The molecule has 0 spiro atoms. The fourth-order valence-electron chi connectivity index (χ4n) is 4.19. The Labute approximate surface area is 249 Å². The van der Waals surface area contributed by atoms with E-state index in [9.17, 15) is 19.5 Å². The number of thiazole rings is 1. The third-order valence-electron chi connectivity index (χ3n) is 6.20. The third kappa shape index (κ3) is 8.17. The molecule has 0 aliphatic rings. The van der Waals surface area contributed by atoms with Crippen molar-refractivity contribution < 1.29 is 24.2 Å². The lowest BCUT2D eigenvalue weighted by Crippen LogP contribution is -2.31. The van der Waals surface area contributed by atoms with E-state index in [0.29, 0.717) is 34.2 Å². The molecule has 0 fully saturated rings. The molecule has 1 aromatic heterocycles. The van der Waals surface area contributed by atoms with Crippen molar-refractivity contribution in [1.82, 2.24) is 4.98 Å².